The fourth-order valence-corrected chi connectivity index (χ4v) is 1.59. The molecule has 0 unspecified atom stereocenters. The Balaban J connectivity index is 3.04. The van der Waals surface area contributed by atoms with Crippen LogP contribution in [-0.2, 0) is 13.0 Å². The van der Waals surface area contributed by atoms with Crippen molar-refractivity contribution >= 4 is 0 Å². The minimum absolute atomic E-state index is 0.0213. The molecule has 84 valence electrons. The second kappa shape index (κ2) is 4.27. The third-order valence-electron chi connectivity index (χ3n) is 2.31. The number of aliphatic hydroxyl groups is 1. The molecule has 1 rings (SSSR count). The number of hydrogen-bond acceptors (Lipinski definition) is 3. The van der Waals surface area contributed by atoms with Crippen LogP contribution in [0.1, 0.15) is 43.5 Å². The first-order valence-electron chi connectivity index (χ1n) is 5.27. The molecule has 15 heavy (non-hydrogen) atoms. The molecule has 0 amide bonds. The maximum Gasteiger partial charge on any atom is 0.129 e. The van der Waals surface area contributed by atoms with Gasteiger partial charge in [0, 0.05) is 23.4 Å². The maximum absolute atomic E-state index is 9.14. The smallest absolute Gasteiger partial charge is 0.129 e. The second-order valence-electron chi connectivity index (χ2n) is 5.18. The lowest BCUT2D eigenvalue weighted by atomic mass is 9.92. The van der Waals surface area contributed by atoms with Crippen LogP contribution < -0.4 is 0 Å². The monoisotopic (exact) mass is 208 g/mol. The van der Waals surface area contributed by atoms with E-state index in [-0.39, 0.29) is 12.0 Å². The maximum atomic E-state index is 9.14. The molecule has 0 spiro atoms. The highest BCUT2D eigenvalue weighted by Crippen LogP contribution is 2.19. The highest BCUT2D eigenvalue weighted by atomic mass is 16.3. The van der Waals surface area contributed by atoms with Crippen molar-refractivity contribution in [2.45, 2.75) is 47.6 Å². The molecule has 1 aromatic rings. The summed E-state index contributed by atoms with van der Waals surface area (Å²) in [6, 6.07) is 0. The van der Waals surface area contributed by atoms with E-state index < -0.39 is 0 Å². The summed E-state index contributed by atoms with van der Waals surface area (Å²) in [6.45, 7) is 10.4. The van der Waals surface area contributed by atoms with E-state index in [0.717, 1.165) is 29.2 Å². The number of aromatic nitrogens is 2. The minimum Gasteiger partial charge on any atom is -0.392 e. The van der Waals surface area contributed by atoms with Gasteiger partial charge in [-0.05, 0) is 19.3 Å². The zero-order valence-electron chi connectivity index (χ0n) is 10.3. The van der Waals surface area contributed by atoms with Crippen LogP contribution in [0.5, 0.6) is 0 Å². The standard InChI is InChI=1S/C12H20N2O/c1-8-10(7-15)9(2)14-11(13-8)6-12(3,4)5/h15H,6-7H2,1-5H3. The van der Waals surface area contributed by atoms with Crippen LogP contribution in [0, 0.1) is 19.3 Å². The Kier molecular flexibility index (Phi) is 3.45. The van der Waals surface area contributed by atoms with Crippen LogP contribution in [0.25, 0.3) is 0 Å². The number of aliphatic hydroxyl groups excluding tert-OH is 1. The Morgan fingerprint density at radius 2 is 1.53 bits per heavy atom. The molecule has 3 heteroatoms. The van der Waals surface area contributed by atoms with E-state index in [0.29, 0.717) is 0 Å². The van der Waals surface area contributed by atoms with Gasteiger partial charge < -0.3 is 5.11 Å². The number of rotatable bonds is 2. The SMILES string of the molecule is Cc1nc(CC(C)(C)C)nc(C)c1CO. The van der Waals surface area contributed by atoms with Gasteiger partial charge in [-0.1, -0.05) is 20.8 Å². The molecular formula is C12H20N2O. The van der Waals surface area contributed by atoms with Gasteiger partial charge in [0.15, 0.2) is 0 Å². The van der Waals surface area contributed by atoms with Crippen LogP contribution in [0.15, 0.2) is 0 Å². The molecular weight excluding hydrogens is 188 g/mol. The van der Waals surface area contributed by atoms with Gasteiger partial charge in [-0.25, -0.2) is 9.97 Å². The second-order valence-corrected chi connectivity index (χ2v) is 5.18. The summed E-state index contributed by atoms with van der Waals surface area (Å²) in [5.74, 6) is 0.870. The average molecular weight is 208 g/mol. The van der Waals surface area contributed by atoms with E-state index in [1.165, 1.54) is 0 Å². The van der Waals surface area contributed by atoms with Crippen LogP contribution >= 0.6 is 0 Å². The quantitative estimate of drug-likeness (QED) is 0.810. The van der Waals surface area contributed by atoms with Crippen LogP contribution in [0.2, 0.25) is 0 Å². The van der Waals surface area contributed by atoms with Crippen molar-refractivity contribution in [1.82, 2.24) is 9.97 Å². The summed E-state index contributed by atoms with van der Waals surface area (Å²) in [7, 11) is 0. The largest absolute Gasteiger partial charge is 0.392 e. The Bertz CT molecular complexity index is 330. The fourth-order valence-electron chi connectivity index (χ4n) is 1.59. The summed E-state index contributed by atoms with van der Waals surface area (Å²) in [5, 5.41) is 9.14. The molecule has 0 radical (unpaired) electrons. The van der Waals surface area contributed by atoms with Crippen molar-refractivity contribution in [3.8, 4) is 0 Å². The van der Waals surface area contributed by atoms with Crippen molar-refractivity contribution in [2.75, 3.05) is 0 Å². The van der Waals surface area contributed by atoms with Crippen molar-refractivity contribution in [3.63, 3.8) is 0 Å². The van der Waals surface area contributed by atoms with Gasteiger partial charge in [0.25, 0.3) is 0 Å². The highest BCUT2D eigenvalue weighted by Gasteiger charge is 2.15. The molecule has 0 atom stereocenters. The molecule has 0 aliphatic rings. The molecule has 1 aromatic heterocycles. The Morgan fingerprint density at radius 3 is 1.87 bits per heavy atom. The highest BCUT2D eigenvalue weighted by molar-refractivity contribution is 5.23. The van der Waals surface area contributed by atoms with Gasteiger partial charge in [0.1, 0.15) is 5.82 Å². The zero-order chi connectivity index (χ0) is 11.6. The first-order valence-corrected chi connectivity index (χ1v) is 5.27. The van der Waals surface area contributed by atoms with Crippen LogP contribution in [-0.4, -0.2) is 15.1 Å². The summed E-state index contributed by atoms with van der Waals surface area (Å²) in [5.41, 5.74) is 2.83. The van der Waals surface area contributed by atoms with Gasteiger partial charge in [-0.3, -0.25) is 0 Å². The topological polar surface area (TPSA) is 46.0 Å². The molecule has 0 fully saturated rings. The van der Waals surface area contributed by atoms with E-state index in [2.05, 4.69) is 30.7 Å². The number of nitrogens with zero attached hydrogens (tertiary/aromatic N) is 2. The van der Waals surface area contributed by atoms with Gasteiger partial charge in [0.2, 0.25) is 0 Å². The van der Waals surface area contributed by atoms with Crippen molar-refractivity contribution in [3.05, 3.63) is 22.8 Å². The normalized spacial score (nSPS) is 11.9. The van der Waals surface area contributed by atoms with Gasteiger partial charge in [-0.15, -0.1) is 0 Å². The number of aryl methyl sites for hydroxylation is 2. The van der Waals surface area contributed by atoms with E-state index in [9.17, 15) is 0 Å². The average Bonchev–Trinajstić information content (AvgIpc) is 1.99. The summed E-state index contributed by atoms with van der Waals surface area (Å²) in [6.07, 6.45) is 0.861. The summed E-state index contributed by atoms with van der Waals surface area (Å²) >= 11 is 0. The molecule has 3 nitrogen and oxygen atoms in total. The molecule has 0 saturated heterocycles. The molecule has 1 N–H and O–H groups in total. The van der Waals surface area contributed by atoms with E-state index in [4.69, 9.17) is 5.11 Å². The van der Waals surface area contributed by atoms with E-state index in [1.54, 1.807) is 0 Å². The summed E-state index contributed by atoms with van der Waals surface area (Å²) in [4.78, 5) is 8.84. The first-order chi connectivity index (χ1) is 6.83. The van der Waals surface area contributed by atoms with Gasteiger partial charge in [0.05, 0.1) is 6.61 Å². The molecule has 0 aliphatic heterocycles. The van der Waals surface area contributed by atoms with E-state index >= 15 is 0 Å². The molecule has 0 aromatic carbocycles. The third kappa shape index (κ3) is 3.27. The van der Waals surface area contributed by atoms with Crippen LogP contribution in [0.3, 0.4) is 0 Å². The lowest BCUT2D eigenvalue weighted by Crippen LogP contribution is -2.14. The van der Waals surface area contributed by atoms with E-state index in [1.807, 2.05) is 13.8 Å². The van der Waals surface area contributed by atoms with Crippen molar-refractivity contribution < 1.29 is 5.11 Å². The minimum atomic E-state index is 0.0213. The zero-order valence-corrected chi connectivity index (χ0v) is 10.3. The Morgan fingerprint density at radius 1 is 1.07 bits per heavy atom. The molecule has 0 saturated carbocycles. The lowest BCUT2D eigenvalue weighted by molar-refractivity contribution is 0.278. The predicted molar refractivity (Wildman–Crippen MR) is 60.6 cm³/mol. The summed E-state index contributed by atoms with van der Waals surface area (Å²) < 4.78 is 0. The lowest BCUT2D eigenvalue weighted by Gasteiger charge is -2.18. The van der Waals surface area contributed by atoms with Gasteiger partial charge >= 0.3 is 0 Å². The first kappa shape index (κ1) is 12.1. The third-order valence-corrected chi connectivity index (χ3v) is 2.31. The fraction of sp³-hybridized carbons (Fsp3) is 0.667. The Labute approximate surface area is 91.6 Å². The van der Waals surface area contributed by atoms with Crippen molar-refractivity contribution in [2.24, 2.45) is 5.41 Å². The number of hydrogen-bond donors (Lipinski definition) is 1. The molecule has 0 aliphatic carbocycles. The Hall–Kier alpha value is -0.960. The molecule has 1 heterocycles. The molecule has 0 bridgehead atoms. The van der Waals surface area contributed by atoms with Gasteiger partial charge in [-0.2, -0.15) is 0 Å². The predicted octanol–water partition coefficient (Wildman–Crippen LogP) is 2.17. The van der Waals surface area contributed by atoms with Crippen LogP contribution in [0.4, 0.5) is 0 Å². The van der Waals surface area contributed by atoms with Crippen molar-refractivity contribution in [1.29, 1.82) is 0 Å².